The molecule has 0 saturated carbocycles. The molecule has 0 fully saturated rings. The summed E-state index contributed by atoms with van der Waals surface area (Å²) in [5.41, 5.74) is 7.74. The van der Waals surface area contributed by atoms with Gasteiger partial charge in [0.05, 0.1) is 0 Å². The molecule has 2 rings (SSSR count). The maximum absolute atomic E-state index is 5.95. The van der Waals surface area contributed by atoms with Crippen molar-refractivity contribution in [2.75, 3.05) is 0 Å². The normalized spacial score (nSPS) is 12.6. The minimum Gasteiger partial charge on any atom is -0.339 e. The van der Waals surface area contributed by atoms with Crippen molar-refractivity contribution < 1.29 is 4.52 Å². The Bertz CT molecular complexity index is 509. The van der Waals surface area contributed by atoms with Crippen LogP contribution >= 0.6 is 0 Å². The van der Waals surface area contributed by atoms with E-state index in [-0.39, 0.29) is 6.04 Å². The molecule has 0 spiro atoms. The van der Waals surface area contributed by atoms with Gasteiger partial charge in [-0.3, -0.25) is 4.98 Å². The molecule has 0 amide bonds. The largest absolute Gasteiger partial charge is 0.339 e. The summed E-state index contributed by atoms with van der Waals surface area (Å²) in [4.78, 5) is 8.60. The van der Waals surface area contributed by atoms with Gasteiger partial charge < -0.3 is 10.3 Å². The van der Waals surface area contributed by atoms with Gasteiger partial charge in [0.1, 0.15) is 5.69 Å². The molecule has 1 atom stereocenters. The molecule has 0 bridgehead atoms. The molecule has 5 nitrogen and oxygen atoms in total. The van der Waals surface area contributed by atoms with E-state index in [0.717, 1.165) is 24.1 Å². The summed E-state index contributed by atoms with van der Waals surface area (Å²) in [6.45, 7) is 4.08. The van der Waals surface area contributed by atoms with E-state index in [2.05, 4.69) is 22.0 Å². The van der Waals surface area contributed by atoms with Crippen LogP contribution in [0.1, 0.15) is 31.2 Å². The number of pyridine rings is 1. The zero-order valence-electron chi connectivity index (χ0n) is 10.8. The van der Waals surface area contributed by atoms with E-state index in [1.54, 1.807) is 6.20 Å². The lowest BCUT2D eigenvalue weighted by molar-refractivity contribution is 0.366. The molecule has 2 aromatic rings. The fraction of sp³-hybridized carbons (Fsp3) is 0.462. The monoisotopic (exact) mass is 246 g/mol. The number of rotatable bonds is 5. The molecule has 18 heavy (non-hydrogen) atoms. The number of hydrogen-bond donors (Lipinski definition) is 1. The topological polar surface area (TPSA) is 77.8 Å². The van der Waals surface area contributed by atoms with Crippen molar-refractivity contribution in [1.82, 2.24) is 15.1 Å². The number of nitrogens with two attached hydrogens (primary N) is 1. The molecule has 96 valence electrons. The average Bonchev–Trinajstić information content (AvgIpc) is 2.78. The lowest BCUT2D eigenvalue weighted by atomic mass is 10.1. The van der Waals surface area contributed by atoms with E-state index in [4.69, 9.17) is 10.3 Å². The zero-order valence-corrected chi connectivity index (χ0v) is 10.8. The van der Waals surface area contributed by atoms with Crippen LogP contribution in [0.2, 0.25) is 0 Å². The highest BCUT2D eigenvalue weighted by Gasteiger charge is 2.13. The van der Waals surface area contributed by atoms with Crippen molar-refractivity contribution in [3.05, 3.63) is 29.8 Å². The van der Waals surface area contributed by atoms with Crippen LogP contribution in [0.25, 0.3) is 11.5 Å². The van der Waals surface area contributed by atoms with E-state index < -0.39 is 0 Å². The Kier molecular flexibility index (Phi) is 4.04. The minimum absolute atomic E-state index is 0.0770. The fourth-order valence-corrected chi connectivity index (χ4v) is 1.85. The van der Waals surface area contributed by atoms with Crippen molar-refractivity contribution in [3.8, 4) is 11.5 Å². The lowest BCUT2D eigenvalue weighted by Crippen LogP contribution is -2.22. The second-order valence-corrected chi connectivity index (χ2v) is 4.43. The molecular weight excluding hydrogens is 228 g/mol. The van der Waals surface area contributed by atoms with Crippen LogP contribution in [-0.2, 0) is 6.42 Å². The van der Waals surface area contributed by atoms with Gasteiger partial charge in [0, 0.05) is 18.7 Å². The lowest BCUT2D eigenvalue weighted by Gasteiger charge is -2.05. The Balaban J connectivity index is 2.13. The highest BCUT2D eigenvalue weighted by Crippen LogP contribution is 2.17. The molecule has 0 saturated heterocycles. The number of hydrogen-bond acceptors (Lipinski definition) is 5. The Morgan fingerprint density at radius 2 is 2.28 bits per heavy atom. The van der Waals surface area contributed by atoms with Gasteiger partial charge in [-0.2, -0.15) is 4.98 Å². The number of aryl methyl sites for hydroxylation is 1. The van der Waals surface area contributed by atoms with Gasteiger partial charge in [-0.15, -0.1) is 0 Å². The smallest absolute Gasteiger partial charge is 0.228 e. The van der Waals surface area contributed by atoms with E-state index in [1.165, 1.54) is 0 Å². The first-order valence-corrected chi connectivity index (χ1v) is 6.21. The van der Waals surface area contributed by atoms with Crippen LogP contribution in [0, 0.1) is 6.92 Å². The van der Waals surface area contributed by atoms with Crippen molar-refractivity contribution >= 4 is 0 Å². The van der Waals surface area contributed by atoms with E-state index in [0.29, 0.717) is 18.1 Å². The zero-order chi connectivity index (χ0) is 13.0. The first-order valence-electron chi connectivity index (χ1n) is 6.21. The van der Waals surface area contributed by atoms with E-state index >= 15 is 0 Å². The summed E-state index contributed by atoms with van der Waals surface area (Å²) in [5.74, 6) is 1.11. The van der Waals surface area contributed by atoms with Crippen LogP contribution in [0.3, 0.4) is 0 Å². The van der Waals surface area contributed by atoms with Crippen LogP contribution in [0.15, 0.2) is 22.9 Å². The van der Waals surface area contributed by atoms with Gasteiger partial charge in [0.15, 0.2) is 0 Å². The van der Waals surface area contributed by atoms with Gasteiger partial charge in [0.25, 0.3) is 0 Å². The quantitative estimate of drug-likeness (QED) is 0.874. The van der Waals surface area contributed by atoms with E-state index in [9.17, 15) is 0 Å². The number of nitrogens with zero attached hydrogens (tertiary/aromatic N) is 3. The summed E-state index contributed by atoms with van der Waals surface area (Å²) in [6.07, 6.45) is 4.36. The Morgan fingerprint density at radius 1 is 1.44 bits per heavy atom. The van der Waals surface area contributed by atoms with Gasteiger partial charge in [-0.1, -0.05) is 24.6 Å². The maximum atomic E-state index is 5.95. The Hall–Kier alpha value is -1.75. The molecular formula is C13H18N4O. The minimum atomic E-state index is 0.0770. The van der Waals surface area contributed by atoms with Crippen LogP contribution in [0.4, 0.5) is 0 Å². The standard InChI is InChI=1S/C13H18N4O/c1-3-5-10(14)8-11-16-13(17-18-11)12-9(2)6-4-7-15-12/h4,6-7,10H,3,5,8,14H2,1-2H3. The summed E-state index contributed by atoms with van der Waals surface area (Å²) in [5, 5.41) is 3.96. The van der Waals surface area contributed by atoms with Crippen LogP contribution in [0.5, 0.6) is 0 Å². The summed E-state index contributed by atoms with van der Waals surface area (Å²) >= 11 is 0. The third kappa shape index (κ3) is 2.92. The first-order chi connectivity index (χ1) is 8.70. The summed E-state index contributed by atoms with van der Waals surface area (Å²) in [7, 11) is 0. The maximum Gasteiger partial charge on any atom is 0.228 e. The van der Waals surface area contributed by atoms with Crippen LogP contribution < -0.4 is 5.73 Å². The predicted molar refractivity (Wildman–Crippen MR) is 68.9 cm³/mol. The summed E-state index contributed by atoms with van der Waals surface area (Å²) < 4.78 is 5.21. The molecule has 0 radical (unpaired) electrons. The number of aromatic nitrogens is 3. The van der Waals surface area contributed by atoms with Gasteiger partial charge in [0.2, 0.25) is 11.7 Å². The fourth-order valence-electron chi connectivity index (χ4n) is 1.85. The van der Waals surface area contributed by atoms with Gasteiger partial charge in [-0.25, -0.2) is 0 Å². The second kappa shape index (κ2) is 5.73. The molecule has 2 N–H and O–H groups in total. The summed E-state index contributed by atoms with van der Waals surface area (Å²) in [6, 6.07) is 3.94. The third-order valence-electron chi connectivity index (χ3n) is 2.79. The SMILES string of the molecule is CCCC(N)Cc1nc(-c2ncccc2C)no1. The van der Waals surface area contributed by atoms with Gasteiger partial charge >= 0.3 is 0 Å². The molecule has 0 aromatic carbocycles. The molecule has 0 aliphatic rings. The van der Waals surface area contributed by atoms with Crippen molar-refractivity contribution in [2.24, 2.45) is 5.73 Å². The molecule has 0 aliphatic carbocycles. The Labute approximate surface area is 106 Å². The third-order valence-corrected chi connectivity index (χ3v) is 2.79. The molecule has 2 aromatic heterocycles. The van der Waals surface area contributed by atoms with Gasteiger partial charge in [-0.05, 0) is 25.0 Å². The van der Waals surface area contributed by atoms with Crippen molar-refractivity contribution in [2.45, 2.75) is 39.2 Å². The predicted octanol–water partition coefficient (Wildman–Crippen LogP) is 2.11. The highest BCUT2D eigenvalue weighted by atomic mass is 16.5. The van der Waals surface area contributed by atoms with E-state index in [1.807, 2.05) is 19.1 Å². The van der Waals surface area contributed by atoms with Crippen molar-refractivity contribution in [1.29, 1.82) is 0 Å². The van der Waals surface area contributed by atoms with Crippen molar-refractivity contribution in [3.63, 3.8) is 0 Å². The molecule has 2 heterocycles. The highest BCUT2D eigenvalue weighted by molar-refractivity contribution is 5.53. The van der Waals surface area contributed by atoms with Crippen LogP contribution in [-0.4, -0.2) is 21.2 Å². The Morgan fingerprint density at radius 3 is 3.00 bits per heavy atom. The average molecular weight is 246 g/mol. The second-order valence-electron chi connectivity index (χ2n) is 4.43. The molecule has 5 heteroatoms. The first kappa shape index (κ1) is 12.7. The molecule has 0 aliphatic heterocycles. The molecule has 1 unspecified atom stereocenters.